The molecule has 3 aromatic rings. The van der Waals surface area contributed by atoms with Gasteiger partial charge in [-0.3, -0.25) is 14.2 Å². The number of rotatable bonds is 6. The normalized spacial score (nSPS) is 13.3. The molecule has 0 atom stereocenters. The van der Waals surface area contributed by atoms with Crippen molar-refractivity contribution >= 4 is 5.91 Å². The van der Waals surface area contributed by atoms with E-state index in [2.05, 4.69) is 10.4 Å². The first-order valence-electron chi connectivity index (χ1n) is 10.1. The number of nitrogens with zero attached hydrogens (tertiary/aromatic N) is 3. The molecule has 1 aliphatic carbocycles. The Morgan fingerprint density at radius 2 is 1.77 bits per heavy atom. The summed E-state index contributed by atoms with van der Waals surface area (Å²) in [6.45, 7) is 4.45. The number of nitrogens with one attached hydrogen (secondary N) is 1. The van der Waals surface area contributed by atoms with Gasteiger partial charge in [0.25, 0.3) is 11.5 Å². The number of aryl methyl sites for hydroxylation is 2. The van der Waals surface area contributed by atoms with Crippen LogP contribution in [-0.4, -0.2) is 26.8 Å². The predicted octanol–water partition coefficient (Wildman–Crippen LogP) is 2.20. The van der Waals surface area contributed by atoms with E-state index in [1.54, 1.807) is 12.1 Å². The monoisotopic (exact) mass is 404 g/mol. The lowest BCUT2D eigenvalue weighted by Crippen LogP contribution is -2.46. The molecular formula is C23H24N4O3. The van der Waals surface area contributed by atoms with E-state index in [1.165, 1.54) is 0 Å². The second-order valence-electron chi connectivity index (χ2n) is 7.85. The maximum absolute atomic E-state index is 13.2. The molecule has 1 fully saturated rings. The Kier molecular flexibility index (Phi) is 5.35. The largest absolute Gasteiger partial charge is 0.352 e. The van der Waals surface area contributed by atoms with Crippen LogP contribution in [0, 0.1) is 19.8 Å². The molecule has 0 unspecified atom stereocenters. The molecule has 4 rings (SSSR count). The minimum absolute atomic E-state index is 0.0711. The van der Waals surface area contributed by atoms with Gasteiger partial charge in [0.1, 0.15) is 0 Å². The fourth-order valence-corrected chi connectivity index (χ4v) is 3.25. The van der Waals surface area contributed by atoms with Gasteiger partial charge in [-0.2, -0.15) is 9.78 Å². The molecule has 1 saturated carbocycles. The fraction of sp³-hybridized carbons (Fsp3) is 0.304. The molecule has 154 valence electrons. The Bertz CT molecular complexity index is 1200. The first-order valence-corrected chi connectivity index (χ1v) is 10.1. The molecule has 1 amide bonds. The summed E-state index contributed by atoms with van der Waals surface area (Å²) in [6, 6.07) is 14.7. The number of amides is 1. The van der Waals surface area contributed by atoms with E-state index in [-0.39, 0.29) is 12.2 Å². The molecule has 2 aromatic carbocycles. The molecule has 7 heteroatoms. The van der Waals surface area contributed by atoms with Crippen molar-refractivity contribution in [3.63, 3.8) is 0 Å². The van der Waals surface area contributed by atoms with Gasteiger partial charge in [0.15, 0.2) is 0 Å². The molecule has 1 aromatic heterocycles. The van der Waals surface area contributed by atoms with Gasteiger partial charge >= 0.3 is 5.69 Å². The van der Waals surface area contributed by atoms with Crippen LogP contribution in [0.2, 0.25) is 0 Å². The molecule has 0 spiro atoms. The summed E-state index contributed by atoms with van der Waals surface area (Å²) in [6.07, 6.45) is 2.15. The van der Waals surface area contributed by atoms with Crippen molar-refractivity contribution in [3.05, 3.63) is 91.8 Å². The standard InChI is InChI=1S/C23H24N4O3/c1-15-7-11-19(12-8-15)27-23(30)26(14-18-6-4-3-5-16(18)2)22(29)20(25-27)21(28)24-13-17-9-10-17/h3-8,11-12,17H,9-10,13-14H2,1-2H3,(H,24,28). The molecular weight excluding hydrogens is 380 g/mol. The Morgan fingerprint density at radius 3 is 2.43 bits per heavy atom. The number of carbonyl (C=O) groups is 1. The smallest absolute Gasteiger partial charge is 0.350 e. The topological polar surface area (TPSA) is 86.0 Å². The van der Waals surface area contributed by atoms with Crippen LogP contribution in [-0.2, 0) is 6.54 Å². The molecule has 0 saturated heterocycles. The Labute approximate surface area is 174 Å². The van der Waals surface area contributed by atoms with Gasteiger partial charge in [-0.1, -0.05) is 42.0 Å². The van der Waals surface area contributed by atoms with Crippen molar-refractivity contribution in [2.24, 2.45) is 5.92 Å². The van der Waals surface area contributed by atoms with Crippen molar-refractivity contribution < 1.29 is 4.79 Å². The molecule has 0 bridgehead atoms. The van der Waals surface area contributed by atoms with Gasteiger partial charge in [0.2, 0.25) is 5.69 Å². The van der Waals surface area contributed by atoms with E-state index >= 15 is 0 Å². The lowest BCUT2D eigenvalue weighted by Gasteiger charge is -2.13. The molecule has 30 heavy (non-hydrogen) atoms. The van der Waals surface area contributed by atoms with Gasteiger partial charge in [0, 0.05) is 6.54 Å². The highest BCUT2D eigenvalue weighted by atomic mass is 16.2. The number of aromatic nitrogens is 3. The molecule has 0 aliphatic heterocycles. The van der Waals surface area contributed by atoms with Crippen molar-refractivity contribution in [1.29, 1.82) is 0 Å². The summed E-state index contributed by atoms with van der Waals surface area (Å²) in [5.41, 5.74) is 1.79. The third-order valence-corrected chi connectivity index (χ3v) is 5.39. The first kappa shape index (κ1) is 19.8. The molecule has 1 aliphatic rings. The van der Waals surface area contributed by atoms with Gasteiger partial charge in [-0.15, -0.1) is 0 Å². The van der Waals surface area contributed by atoms with E-state index in [0.29, 0.717) is 18.2 Å². The lowest BCUT2D eigenvalue weighted by molar-refractivity contribution is 0.0942. The van der Waals surface area contributed by atoms with Crippen LogP contribution < -0.4 is 16.6 Å². The SMILES string of the molecule is Cc1ccc(-n2nc(C(=O)NCC3CC3)c(=O)n(Cc3ccccc3C)c2=O)cc1. The van der Waals surface area contributed by atoms with Crippen LogP contribution in [0.3, 0.4) is 0 Å². The average molecular weight is 404 g/mol. The zero-order chi connectivity index (χ0) is 21.3. The molecule has 1 N–H and O–H groups in total. The maximum atomic E-state index is 13.2. The number of hydrogen-bond acceptors (Lipinski definition) is 4. The van der Waals surface area contributed by atoms with Crippen LogP contribution in [0.5, 0.6) is 0 Å². The average Bonchev–Trinajstić information content (AvgIpc) is 3.56. The highest BCUT2D eigenvalue weighted by Gasteiger charge is 2.25. The van der Waals surface area contributed by atoms with Crippen LogP contribution in [0.1, 0.15) is 40.0 Å². The summed E-state index contributed by atoms with van der Waals surface area (Å²) in [4.78, 5) is 39.0. The highest BCUT2D eigenvalue weighted by molar-refractivity contribution is 5.91. The van der Waals surface area contributed by atoms with Gasteiger partial charge in [0.05, 0.1) is 12.2 Å². The maximum Gasteiger partial charge on any atom is 0.352 e. The third-order valence-electron chi connectivity index (χ3n) is 5.39. The van der Waals surface area contributed by atoms with E-state index in [9.17, 15) is 14.4 Å². The molecule has 0 radical (unpaired) electrons. The lowest BCUT2D eigenvalue weighted by atomic mass is 10.1. The molecule has 7 nitrogen and oxygen atoms in total. The Morgan fingerprint density at radius 1 is 1.07 bits per heavy atom. The van der Waals surface area contributed by atoms with Crippen molar-refractivity contribution in [2.75, 3.05) is 6.54 Å². The Hall–Kier alpha value is -3.48. The third kappa shape index (κ3) is 4.10. The Balaban J connectivity index is 1.83. The summed E-state index contributed by atoms with van der Waals surface area (Å²) < 4.78 is 2.21. The minimum atomic E-state index is -0.681. The summed E-state index contributed by atoms with van der Waals surface area (Å²) in [7, 11) is 0. The quantitative estimate of drug-likeness (QED) is 0.682. The zero-order valence-electron chi connectivity index (χ0n) is 17.1. The fourth-order valence-electron chi connectivity index (χ4n) is 3.25. The minimum Gasteiger partial charge on any atom is -0.350 e. The number of carbonyl (C=O) groups excluding carboxylic acids is 1. The van der Waals surface area contributed by atoms with E-state index < -0.39 is 17.2 Å². The first-order chi connectivity index (χ1) is 14.4. The predicted molar refractivity (Wildman–Crippen MR) is 114 cm³/mol. The van der Waals surface area contributed by atoms with Crippen LogP contribution in [0.4, 0.5) is 0 Å². The zero-order valence-corrected chi connectivity index (χ0v) is 17.1. The van der Waals surface area contributed by atoms with Crippen LogP contribution >= 0.6 is 0 Å². The van der Waals surface area contributed by atoms with E-state index in [0.717, 1.165) is 38.8 Å². The van der Waals surface area contributed by atoms with Crippen molar-refractivity contribution in [3.8, 4) is 5.69 Å². The summed E-state index contributed by atoms with van der Waals surface area (Å²) in [5, 5.41) is 6.93. The van der Waals surface area contributed by atoms with Gasteiger partial charge in [-0.05, 0) is 55.9 Å². The van der Waals surface area contributed by atoms with E-state index in [1.807, 2.05) is 50.2 Å². The number of hydrogen-bond donors (Lipinski definition) is 1. The van der Waals surface area contributed by atoms with Crippen molar-refractivity contribution in [2.45, 2.75) is 33.2 Å². The second kappa shape index (κ2) is 8.10. The van der Waals surface area contributed by atoms with E-state index in [4.69, 9.17) is 0 Å². The summed E-state index contributed by atoms with van der Waals surface area (Å²) in [5.74, 6) is -0.0857. The summed E-state index contributed by atoms with van der Waals surface area (Å²) >= 11 is 0. The van der Waals surface area contributed by atoms with Gasteiger partial charge in [-0.25, -0.2) is 4.79 Å². The molecule has 1 heterocycles. The second-order valence-corrected chi connectivity index (χ2v) is 7.85. The number of benzene rings is 2. The highest BCUT2D eigenvalue weighted by Crippen LogP contribution is 2.27. The van der Waals surface area contributed by atoms with Crippen LogP contribution in [0.25, 0.3) is 5.69 Å². The van der Waals surface area contributed by atoms with Gasteiger partial charge < -0.3 is 5.32 Å². The van der Waals surface area contributed by atoms with Crippen molar-refractivity contribution in [1.82, 2.24) is 19.7 Å². The van der Waals surface area contributed by atoms with Crippen LogP contribution in [0.15, 0.2) is 58.1 Å².